The number of nitrogens with zero attached hydrogens (tertiary/aromatic N) is 1. The second-order valence-corrected chi connectivity index (χ2v) is 2.79. The maximum Gasteiger partial charge on any atom is 0.280 e. The van der Waals surface area contributed by atoms with Gasteiger partial charge in [0.2, 0.25) is 5.91 Å². The molecule has 0 saturated heterocycles. The van der Waals surface area contributed by atoms with Gasteiger partial charge in [-0.15, -0.1) is 11.6 Å². The van der Waals surface area contributed by atoms with Gasteiger partial charge in [0, 0.05) is 17.3 Å². The van der Waals surface area contributed by atoms with Crippen molar-refractivity contribution in [2.45, 2.75) is 12.3 Å². The second kappa shape index (κ2) is 4.32. The zero-order valence-electron chi connectivity index (χ0n) is 7.01. The van der Waals surface area contributed by atoms with Crippen LogP contribution in [0.25, 0.3) is 0 Å². The van der Waals surface area contributed by atoms with E-state index >= 15 is 0 Å². The van der Waals surface area contributed by atoms with Gasteiger partial charge in [-0.2, -0.15) is 0 Å². The zero-order chi connectivity index (χ0) is 10.7. The van der Waals surface area contributed by atoms with Gasteiger partial charge in [-0.3, -0.25) is 9.78 Å². The number of amides is 1. The van der Waals surface area contributed by atoms with Crippen LogP contribution in [0.5, 0.6) is 0 Å². The Balaban J connectivity index is 3.32. The van der Waals surface area contributed by atoms with Crippen LogP contribution in [0.1, 0.15) is 28.0 Å². The van der Waals surface area contributed by atoms with Crippen LogP contribution in [-0.2, 0) is 5.88 Å². The molecule has 1 aromatic heterocycles. The van der Waals surface area contributed by atoms with Crippen LogP contribution in [0.3, 0.4) is 0 Å². The standard InChI is InChI=1S/C8H7ClF2N2O/c9-3-5-4(8(12)14)1-2-13-6(5)7(10)11/h1-2,7H,3H2,(H2,12,14). The van der Waals surface area contributed by atoms with Gasteiger partial charge in [-0.1, -0.05) is 0 Å². The molecule has 1 amide bonds. The lowest BCUT2D eigenvalue weighted by Gasteiger charge is -2.08. The SMILES string of the molecule is NC(=O)c1ccnc(C(F)F)c1CCl. The van der Waals surface area contributed by atoms with Crippen molar-refractivity contribution in [3.05, 3.63) is 29.1 Å². The van der Waals surface area contributed by atoms with Crippen LogP contribution in [0.2, 0.25) is 0 Å². The third-order valence-corrected chi connectivity index (χ3v) is 1.96. The van der Waals surface area contributed by atoms with Crippen LogP contribution >= 0.6 is 11.6 Å². The van der Waals surface area contributed by atoms with E-state index in [-0.39, 0.29) is 17.0 Å². The highest BCUT2D eigenvalue weighted by Crippen LogP contribution is 2.24. The summed E-state index contributed by atoms with van der Waals surface area (Å²) in [4.78, 5) is 14.3. The van der Waals surface area contributed by atoms with Gasteiger partial charge >= 0.3 is 0 Å². The lowest BCUT2D eigenvalue weighted by atomic mass is 10.1. The molecule has 0 saturated carbocycles. The molecule has 3 nitrogen and oxygen atoms in total. The van der Waals surface area contributed by atoms with E-state index in [0.717, 1.165) is 6.20 Å². The van der Waals surface area contributed by atoms with Crippen molar-refractivity contribution in [3.63, 3.8) is 0 Å². The number of alkyl halides is 3. The third-order valence-electron chi connectivity index (χ3n) is 1.69. The molecule has 0 spiro atoms. The van der Waals surface area contributed by atoms with Gasteiger partial charge in [-0.05, 0) is 6.07 Å². The van der Waals surface area contributed by atoms with E-state index in [4.69, 9.17) is 17.3 Å². The number of hydrogen-bond donors (Lipinski definition) is 1. The minimum Gasteiger partial charge on any atom is -0.366 e. The molecule has 1 heterocycles. The van der Waals surface area contributed by atoms with Crippen molar-refractivity contribution in [3.8, 4) is 0 Å². The molecular formula is C8H7ClF2N2O. The number of pyridine rings is 1. The Hall–Kier alpha value is -1.23. The minimum atomic E-state index is -2.76. The molecule has 0 unspecified atom stereocenters. The van der Waals surface area contributed by atoms with E-state index in [2.05, 4.69) is 4.98 Å². The number of hydrogen-bond acceptors (Lipinski definition) is 2. The highest BCUT2D eigenvalue weighted by atomic mass is 35.5. The van der Waals surface area contributed by atoms with E-state index in [1.807, 2.05) is 0 Å². The summed E-state index contributed by atoms with van der Waals surface area (Å²) in [5.41, 5.74) is 4.49. The lowest BCUT2D eigenvalue weighted by molar-refractivity contribution is 0.0998. The second-order valence-electron chi connectivity index (χ2n) is 2.52. The molecule has 0 atom stereocenters. The first-order valence-corrected chi connectivity index (χ1v) is 4.23. The van der Waals surface area contributed by atoms with Crippen molar-refractivity contribution in [2.24, 2.45) is 5.73 Å². The molecule has 0 aromatic carbocycles. The summed E-state index contributed by atoms with van der Waals surface area (Å²) >= 11 is 5.44. The Labute approximate surface area is 83.9 Å². The molecule has 2 N–H and O–H groups in total. The Morgan fingerprint density at radius 3 is 2.71 bits per heavy atom. The summed E-state index contributed by atoms with van der Waals surface area (Å²) in [7, 11) is 0. The van der Waals surface area contributed by atoms with Gasteiger partial charge in [0.25, 0.3) is 6.43 Å². The first-order chi connectivity index (χ1) is 6.57. The van der Waals surface area contributed by atoms with Crippen LogP contribution in [0, 0.1) is 0 Å². The largest absolute Gasteiger partial charge is 0.366 e. The van der Waals surface area contributed by atoms with Crippen molar-refractivity contribution in [1.82, 2.24) is 4.98 Å². The number of halogens is 3. The van der Waals surface area contributed by atoms with E-state index in [1.54, 1.807) is 0 Å². The molecule has 14 heavy (non-hydrogen) atoms. The summed E-state index contributed by atoms with van der Waals surface area (Å²) in [5.74, 6) is -1.00. The predicted octanol–water partition coefficient (Wildman–Crippen LogP) is 1.86. The van der Waals surface area contributed by atoms with Gasteiger partial charge in [0.1, 0.15) is 5.69 Å². The normalized spacial score (nSPS) is 10.6. The number of primary amides is 1. The highest BCUT2D eigenvalue weighted by Gasteiger charge is 2.19. The Morgan fingerprint density at radius 1 is 1.64 bits per heavy atom. The molecule has 6 heteroatoms. The van der Waals surface area contributed by atoms with Gasteiger partial charge in [-0.25, -0.2) is 8.78 Å². The molecule has 1 rings (SSSR count). The summed E-state index contributed by atoms with van der Waals surface area (Å²) in [6, 6.07) is 1.27. The Kier molecular flexibility index (Phi) is 3.35. The average molecular weight is 221 g/mol. The van der Waals surface area contributed by atoms with Crippen LogP contribution in [0.4, 0.5) is 8.78 Å². The summed E-state index contributed by atoms with van der Waals surface area (Å²) in [6.45, 7) is 0. The molecule has 0 fully saturated rings. The third kappa shape index (κ3) is 1.98. The fraction of sp³-hybridized carbons (Fsp3) is 0.250. The fourth-order valence-electron chi connectivity index (χ4n) is 1.07. The van der Waals surface area contributed by atoms with Crippen molar-refractivity contribution in [2.75, 3.05) is 0 Å². The monoisotopic (exact) mass is 220 g/mol. The summed E-state index contributed by atoms with van der Waals surface area (Å²) in [5, 5.41) is 0. The van der Waals surface area contributed by atoms with E-state index < -0.39 is 18.0 Å². The lowest BCUT2D eigenvalue weighted by Crippen LogP contribution is -2.15. The van der Waals surface area contributed by atoms with E-state index in [9.17, 15) is 13.6 Å². The maximum atomic E-state index is 12.4. The smallest absolute Gasteiger partial charge is 0.280 e. The first-order valence-electron chi connectivity index (χ1n) is 3.69. The first kappa shape index (κ1) is 10.8. The Bertz CT molecular complexity index is 357. The minimum absolute atomic E-state index is 0.00309. The topological polar surface area (TPSA) is 56.0 Å². The number of carbonyl (C=O) groups is 1. The van der Waals surface area contributed by atoms with E-state index in [0.29, 0.717) is 0 Å². The van der Waals surface area contributed by atoms with Crippen LogP contribution < -0.4 is 5.73 Å². The van der Waals surface area contributed by atoms with Gasteiger partial charge in [0.05, 0.1) is 5.88 Å². The predicted molar refractivity (Wildman–Crippen MR) is 47.3 cm³/mol. The molecule has 1 aromatic rings. The van der Waals surface area contributed by atoms with Crippen molar-refractivity contribution < 1.29 is 13.6 Å². The summed E-state index contributed by atoms with van der Waals surface area (Å²) in [6.07, 6.45) is -1.65. The molecule has 0 aliphatic rings. The van der Waals surface area contributed by atoms with Crippen LogP contribution in [0.15, 0.2) is 12.3 Å². The van der Waals surface area contributed by atoms with Gasteiger partial charge < -0.3 is 5.73 Å². The van der Waals surface area contributed by atoms with Crippen molar-refractivity contribution in [1.29, 1.82) is 0 Å². The number of nitrogens with two attached hydrogens (primary N) is 1. The Morgan fingerprint density at radius 2 is 2.29 bits per heavy atom. The molecule has 0 bridgehead atoms. The fourth-order valence-corrected chi connectivity index (χ4v) is 1.35. The van der Waals surface area contributed by atoms with Crippen molar-refractivity contribution >= 4 is 17.5 Å². The molecule has 76 valence electrons. The number of aromatic nitrogens is 1. The molecular weight excluding hydrogens is 214 g/mol. The molecule has 0 aliphatic carbocycles. The average Bonchev–Trinajstić information content (AvgIpc) is 2.16. The highest BCUT2D eigenvalue weighted by molar-refractivity contribution is 6.17. The summed E-state index contributed by atoms with van der Waals surface area (Å²) < 4.78 is 24.8. The van der Waals surface area contributed by atoms with Crippen LogP contribution in [-0.4, -0.2) is 10.9 Å². The quantitative estimate of drug-likeness (QED) is 0.791. The van der Waals surface area contributed by atoms with Gasteiger partial charge in [0.15, 0.2) is 0 Å². The molecule has 0 aliphatic heterocycles. The van der Waals surface area contributed by atoms with E-state index in [1.165, 1.54) is 6.07 Å². The number of rotatable bonds is 3. The zero-order valence-corrected chi connectivity index (χ0v) is 7.76. The number of carbonyl (C=O) groups excluding carboxylic acids is 1. The maximum absolute atomic E-state index is 12.4. The molecule has 0 radical (unpaired) electrons.